The largest absolute Gasteiger partial charge is 0.497 e. The Balaban J connectivity index is 1.66. The van der Waals surface area contributed by atoms with Crippen LogP contribution in [0.1, 0.15) is 11.1 Å². The van der Waals surface area contributed by atoms with E-state index in [1.807, 2.05) is 66.7 Å². The van der Waals surface area contributed by atoms with Gasteiger partial charge in [-0.15, -0.1) is 0 Å². The second-order valence-electron chi connectivity index (χ2n) is 5.39. The van der Waals surface area contributed by atoms with Crippen molar-refractivity contribution in [3.8, 4) is 5.75 Å². The second kappa shape index (κ2) is 7.42. The third kappa shape index (κ3) is 3.79. The molecule has 0 saturated carbocycles. The number of carbonyl (C=O) groups is 1. The van der Waals surface area contributed by atoms with E-state index in [0.29, 0.717) is 0 Å². The van der Waals surface area contributed by atoms with Gasteiger partial charge in [0, 0.05) is 5.56 Å². The molecule has 4 nitrogen and oxygen atoms in total. The van der Waals surface area contributed by atoms with E-state index in [1.165, 1.54) is 0 Å². The van der Waals surface area contributed by atoms with Crippen LogP contribution >= 0.6 is 0 Å². The molecule has 3 aromatic rings. The molecule has 0 aliphatic rings. The molecule has 120 valence electrons. The molecule has 0 aliphatic heterocycles. The summed E-state index contributed by atoms with van der Waals surface area (Å²) in [6.45, 7) is 0. The van der Waals surface area contributed by atoms with Gasteiger partial charge in [-0.25, -0.2) is 5.43 Å². The molecular weight excluding hydrogens is 300 g/mol. The zero-order chi connectivity index (χ0) is 16.8. The number of fused-ring (bicyclic) bond motifs is 1. The van der Waals surface area contributed by atoms with E-state index < -0.39 is 0 Å². The van der Waals surface area contributed by atoms with Crippen molar-refractivity contribution in [2.75, 3.05) is 7.11 Å². The summed E-state index contributed by atoms with van der Waals surface area (Å²) in [5.41, 5.74) is 4.42. The summed E-state index contributed by atoms with van der Waals surface area (Å²) >= 11 is 0. The first kappa shape index (κ1) is 15.7. The normalized spacial score (nSPS) is 10.9. The zero-order valence-corrected chi connectivity index (χ0v) is 13.4. The molecule has 24 heavy (non-hydrogen) atoms. The Hall–Kier alpha value is -3.14. The molecule has 3 aromatic carbocycles. The van der Waals surface area contributed by atoms with E-state index >= 15 is 0 Å². The minimum atomic E-state index is -0.167. The Morgan fingerprint density at radius 2 is 1.88 bits per heavy atom. The summed E-state index contributed by atoms with van der Waals surface area (Å²) in [6, 6.07) is 21.5. The number of rotatable bonds is 5. The maximum absolute atomic E-state index is 12.0. The number of benzene rings is 3. The van der Waals surface area contributed by atoms with Crippen molar-refractivity contribution in [1.82, 2.24) is 5.43 Å². The fraction of sp³-hybridized carbons (Fsp3) is 0.100. The highest BCUT2D eigenvalue weighted by Gasteiger charge is 2.03. The molecule has 0 heterocycles. The predicted octanol–water partition coefficient (Wildman–Crippen LogP) is 3.54. The van der Waals surface area contributed by atoms with E-state index in [0.717, 1.165) is 27.6 Å². The summed E-state index contributed by atoms with van der Waals surface area (Å²) in [5.74, 6) is 0.569. The van der Waals surface area contributed by atoms with Crippen molar-refractivity contribution in [1.29, 1.82) is 0 Å². The van der Waals surface area contributed by atoms with Gasteiger partial charge in [-0.1, -0.05) is 54.6 Å². The van der Waals surface area contributed by atoms with Gasteiger partial charge >= 0.3 is 0 Å². The first-order valence-electron chi connectivity index (χ1n) is 7.69. The van der Waals surface area contributed by atoms with Crippen LogP contribution < -0.4 is 10.2 Å². The van der Waals surface area contributed by atoms with Crippen LogP contribution in [0.5, 0.6) is 5.75 Å². The summed E-state index contributed by atoms with van der Waals surface area (Å²) in [5, 5.41) is 6.32. The summed E-state index contributed by atoms with van der Waals surface area (Å²) in [6.07, 6.45) is 1.93. The van der Waals surface area contributed by atoms with Gasteiger partial charge in [0.15, 0.2) is 0 Å². The first-order chi connectivity index (χ1) is 11.8. The standard InChI is InChI=1S/C20H18N2O2/c1-24-18-10-4-6-15(12-18)13-20(23)22-21-14-17-9-5-8-16-7-2-3-11-19(16)17/h2-12,14H,13H2,1H3,(H,22,23). The highest BCUT2D eigenvalue weighted by atomic mass is 16.5. The quantitative estimate of drug-likeness (QED) is 0.578. The lowest BCUT2D eigenvalue weighted by atomic mass is 10.1. The van der Waals surface area contributed by atoms with Crippen LogP contribution in [-0.2, 0) is 11.2 Å². The van der Waals surface area contributed by atoms with Gasteiger partial charge in [-0.3, -0.25) is 4.79 Å². The Kier molecular flexibility index (Phi) is 4.87. The minimum absolute atomic E-state index is 0.167. The van der Waals surface area contributed by atoms with Crippen molar-refractivity contribution in [3.05, 3.63) is 77.9 Å². The molecule has 0 aliphatic carbocycles. The third-order valence-electron chi connectivity index (χ3n) is 3.72. The molecule has 3 rings (SSSR count). The van der Waals surface area contributed by atoms with Gasteiger partial charge < -0.3 is 4.74 Å². The Bertz CT molecular complexity index is 882. The van der Waals surface area contributed by atoms with Crippen molar-refractivity contribution < 1.29 is 9.53 Å². The highest BCUT2D eigenvalue weighted by molar-refractivity contribution is 5.99. The number of carbonyl (C=O) groups excluding carboxylic acids is 1. The lowest BCUT2D eigenvalue weighted by Crippen LogP contribution is -2.19. The maximum atomic E-state index is 12.0. The summed E-state index contributed by atoms with van der Waals surface area (Å²) in [4.78, 5) is 12.0. The number of amides is 1. The minimum Gasteiger partial charge on any atom is -0.497 e. The van der Waals surface area contributed by atoms with E-state index in [2.05, 4.69) is 10.5 Å². The lowest BCUT2D eigenvalue weighted by Gasteiger charge is -2.04. The maximum Gasteiger partial charge on any atom is 0.244 e. The Morgan fingerprint density at radius 1 is 1.08 bits per heavy atom. The van der Waals surface area contributed by atoms with Crippen LogP contribution in [0.4, 0.5) is 0 Å². The van der Waals surface area contributed by atoms with Crippen LogP contribution in [0.15, 0.2) is 71.8 Å². The molecule has 0 spiro atoms. The fourth-order valence-electron chi connectivity index (χ4n) is 2.54. The molecule has 0 saturated heterocycles. The molecule has 0 aromatic heterocycles. The lowest BCUT2D eigenvalue weighted by molar-refractivity contribution is -0.120. The molecule has 0 unspecified atom stereocenters. The van der Waals surface area contributed by atoms with Crippen LogP contribution in [0.25, 0.3) is 10.8 Å². The highest BCUT2D eigenvalue weighted by Crippen LogP contribution is 2.16. The predicted molar refractivity (Wildman–Crippen MR) is 96.4 cm³/mol. The van der Waals surface area contributed by atoms with Gasteiger partial charge in [-0.2, -0.15) is 5.10 Å². The molecule has 1 N–H and O–H groups in total. The van der Waals surface area contributed by atoms with Gasteiger partial charge in [-0.05, 0) is 28.5 Å². The van der Waals surface area contributed by atoms with Crippen molar-refractivity contribution in [2.24, 2.45) is 5.10 Å². The van der Waals surface area contributed by atoms with E-state index in [-0.39, 0.29) is 12.3 Å². The molecule has 0 radical (unpaired) electrons. The van der Waals surface area contributed by atoms with Gasteiger partial charge in [0.2, 0.25) is 5.91 Å². The van der Waals surface area contributed by atoms with Gasteiger partial charge in [0.1, 0.15) is 5.75 Å². The molecule has 0 bridgehead atoms. The van der Waals surface area contributed by atoms with Crippen LogP contribution in [-0.4, -0.2) is 19.2 Å². The molecule has 1 amide bonds. The molecule has 0 atom stereocenters. The zero-order valence-electron chi connectivity index (χ0n) is 13.4. The number of ether oxygens (including phenoxy) is 1. The number of hydrogen-bond donors (Lipinski definition) is 1. The number of nitrogens with one attached hydrogen (secondary N) is 1. The number of hydrazone groups is 1. The van der Waals surface area contributed by atoms with E-state index in [1.54, 1.807) is 13.3 Å². The summed E-state index contributed by atoms with van der Waals surface area (Å²) < 4.78 is 5.15. The van der Waals surface area contributed by atoms with Crippen molar-refractivity contribution in [3.63, 3.8) is 0 Å². The van der Waals surface area contributed by atoms with Crippen molar-refractivity contribution in [2.45, 2.75) is 6.42 Å². The molecule has 4 heteroatoms. The fourth-order valence-corrected chi connectivity index (χ4v) is 2.54. The molecular formula is C20H18N2O2. The van der Waals surface area contributed by atoms with Crippen molar-refractivity contribution >= 4 is 22.9 Å². The third-order valence-corrected chi connectivity index (χ3v) is 3.72. The summed E-state index contributed by atoms with van der Waals surface area (Å²) in [7, 11) is 1.60. The first-order valence-corrected chi connectivity index (χ1v) is 7.69. The van der Waals surface area contributed by atoms with Gasteiger partial charge in [0.25, 0.3) is 0 Å². The second-order valence-corrected chi connectivity index (χ2v) is 5.39. The SMILES string of the molecule is COc1cccc(CC(=O)NN=Cc2cccc3ccccc23)c1. The molecule has 0 fully saturated rings. The van der Waals surface area contributed by atoms with E-state index in [4.69, 9.17) is 4.74 Å². The van der Waals surface area contributed by atoms with Crippen LogP contribution in [0, 0.1) is 0 Å². The Labute approximate surface area is 140 Å². The number of hydrogen-bond acceptors (Lipinski definition) is 3. The topological polar surface area (TPSA) is 50.7 Å². The van der Waals surface area contributed by atoms with Gasteiger partial charge in [0.05, 0.1) is 19.7 Å². The van der Waals surface area contributed by atoms with Crippen LogP contribution in [0.3, 0.4) is 0 Å². The average molecular weight is 318 g/mol. The number of nitrogens with zero attached hydrogens (tertiary/aromatic N) is 1. The number of methoxy groups -OCH3 is 1. The smallest absolute Gasteiger partial charge is 0.244 e. The van der Waals surface area contributed by atoms with E-state index in [9.17, 15) is 4.79 Å². The monoisotopic (exact) mass is 318 g/mol. The average Bonchev–Trinajstić information content (AvgIpc) is 2.62. The van der Waals surface area contributed by atoms with Crippen LogP contribution in [0.2, 0.25) is 0 Å². The Morgan fingerprint density at radius 3 is 2.75 bits per heavy atom.